The third-order valence-electron chi connectivity index (χ3n) is 5.42. The number of thiocarbonyl (C=S) groups is 1. The number of anilines is 1. The largest absolute Gasteiger partial charge is 1.00 e. The molecule has 178 valence electrons. The molecule has 0 aromatic carbocycles. The van der Waals surface area contributed by atoms with E-state index in [-0.39, 0.29) is 57.9 Å². The van der Waals surface area contributed by atoms with Crippen molar-refractivity contribution in [2.45, 2.75) is 50.0 Å². The first-order chi connectivity index (χ1) is 15.6. The Morgan fingerprint density at radius 1 is 1.53 bits per heavy atom. The first-order valence-corrected chi connectivity index (χ1v) is 12.4. The van der Waals surface area contributed by atoms with Crippen LogP contribution < -0.4 is 45.7 Å². The molecule has 0 spiro atoms. The minimum atomic E-state index is -0.903. The molecule has 4 heterocycles. The molecule has 0 radical (unpaired) electrons. The van der Waals surface area contributed by atoms with Crippen molar-refractivity contribution in [3.63, 3.8) is 0 Å². The van der Waals surface area contributed by atoms with E-state index in [2.05, 4.69) is 15.5 Å². The smallest absolute Gasteiger partial charge is 0.863 e. The van der Waals surface area contributed by atoms with Gasteiger partial charge in [-0.3, -0.25) is 14.5 Å². The Morgan fingerprint density at radius 2 is 2.26 bits per heavy atom. The average molecular weight is 536 g/mol. The Balaban J connectivity index is 0.00000324. The second-order valence-electron chi connectivity index (χ2n) is 8.10. The summed E-state index contributed by atoms with van der Waals surface area (Å²) in [6.07, 6.45) is 0.958. The summed E-state index contributed by atoms with van der Waals surface area (Å²) in [6, 6.07) is -0.903. The van der Waals surface area contributed by atoms with Gasteiger partial charge in [0.15, 0.2) is 16.6 Å². The molecule has 2 saturated heterocycles. The number of nitrogens with two attached hydrogens (primary N) is 1. The normalized spacial score (nSPS) is 26.3. The van der Waals surface area contributed by atoms with Crippen LogP contribution in [-0.4, -0.2) is 73.3 Å². The van der Waals surface area contributed by atoms with Gasteiger partial charge in [0.2, 0.25) is 0 Å². The number of rotatable bonds is 6. The minimum Gasteiger partial charge on any atom is -0.863 e. The fraction of sp³-hybridized carbons (Fsp3) is 0.526. The molecule has 1 aromatic heterocycles. The van der Waals surface area contributed by atoms with Crippen LogP contribution in [-0.2, 0) is 19.1 Å². The second kappa shape index (κ2) is 10.8. The quantitative estimate of drug-likeness (QED) is 0.0865. The second-order valence-corrected chi connectivity index (χ2v) is 10.5. The number of nitrogen functional groups attached to an aromatic ring is 1. The number of nitrogens with zero attached hydrogens (tertiary/aromatic N) is 3. The third kappa shape index (κ3) is 5.43. The van der Waals surface area contributed by atoms with Crippen LogP contribution in [0.25, 0.3) is 0 Å². The van der Waals surface area contributed by atoms with E-state index in [1.165, 1.54) is 22.0 Å². The van der Waals surface area contributed by atoms with Crippen molar-refractivity contribution in [1.82, 2.24) is 15.2 Å². The van der Waals surface area contributed by atoms with Gasteiger partial charge in [-0.2, -0.15) is 0 Å². The molecule has 1 aromatic rings. The SMILES string of the molecule is CC1(C)OCCC(CC2=C(C([O-])=S)N3C(=O)C(NC(=O)/C(=N\O)c4csc(N)n4)[C@H]3SC2)O1.[Na+]. The fourth-order valence-electron chi connectivity index (χ4n) is 4.00. The number of carbonyl (C=O) groups is 2. The zero-order valence-electron chi connectivity index (χ0n) is 18.8. The van der Waals surface area contributed by atoms with Crippen LogP contribution >= 0.6 is 35.3 Å². The number of thiazole rings is 1. The van der Waals surface area contributed by atoms with Crippen LogP contribution in [0.15, 0.2) is 21.8 Å². The molecular weight excluding hydrogens is 513 g/mol. The number of fused-ring (bicyclic) bond motifs is 1. The molecule has 3 atom stereocenters. The van der Waals surface area contributed by atoms with Gasteiger partial charge in [0.1, 0.15) is 17.1 Å². The maximum Gasteiger partial charge on any atom is 1.00 e. The van der Waals surface area contributed by atoms with Crippen molar-refractivity contribution in [3.8, 4) is 0 Å². The molecule has 0 saturated carbocycles. The standard InChI is InChI=1S/C19H23N5O6S3.Na/c1-19(2)29-4-3-9(30-19)5-8-6-32-16-12(15(26)24(16)13(8)17(27)31)22-14(25)11(23-28)10-7-33-18(20)21-10;/h7,9,12,16,28H,3-6H2,1-2H3,(H2,20,21)(H,22,25)(H,27,31);/q;+1/p-1/b23-11-;/t9?,12?,16-;/m1./s1. The summed E-state index contributed by atoms with van der Waals surface area (Å²) < 4.78 is 11.5. The molecule has 4 N–H and O–H groups in total. The Labute approximate surface area is 231 Å². The Hall–Kier alpha value is -1.26. The number of thioether (sulfide) groups is 1. The molecule has 3 aliphatic rings. The van der Waals surface area contributed by atoms with Crippen molar-refractivity contribution in [3.05, 3.63) is 22.3 Å². The fourth-order valence-corrected chi connectivity index (χ4v) is 6.15. The third-order valence-corrected chi connectivity index (χ3v) is 7.63. The molecule has 4 rings (SSSR count). The summed E-state index contributed by atoms with van der Waals surface area (Å²) >= 11 is 7.43. The van der Waals surface area contributed by atoms with Crippen LogP contribution in [0.5, 0.6) is 0 Å². The first kappa shape index (κ1) is 27.3. The molecule has 2 unspecified atom stereocenters. The van der Waals surface area contributed by atoms with E-state index in [0.29, 0.717) is 25.2 Å². The zero-order valence-corrected chi connectivity index (χ0v) is 23.2. The van der Waals surface area contributed by atoms with Crippen LogP contribution in [0.3, 0.4) is 0 Å². The Bertz CT molecular complexity index is 1060. The summed E-state index contributed by atoms with van der Waals surface area (Å²) in [7, 11) is 0. The number of nitrogens with one attached hydrogen (secondary N) is 1. The van der Waals surface area contributed by atoms with Gasteiger partial charge < -0.3 is 30.8 Å². The molecule has 2 amide bonds. The number of ether oxygens (including phenoxy) is 2. The maximum absolute atomic E-state index is 12.9. The summed E-state index contributed by atoms with van der Waals surface area (Å²) in [5.41, 5.74) is 6.24. The zero-order chi connectivity index (χ0) is 23.9. The summed E-state index contributed by atoms with van der Waals surface area (Å²) in [5.74, 6) is -1.50. The Kier molecular flexibility index (Phi) is 8.67. The number of hydrogen-bond acceptors (Lipinski definition) is 12. The van der Waals surface area contributed by atoms with Crippen LogP contribution in [0.2, 0.25) is 0 Å². The number of oxime groups is 1. The van der Waals surface area contributed by atoms with E-state index in [4.69, 9.17) is 27.4 Å². The van der Waals surface area contributed by atoms with Gasteiger partial charge >= 0.3 is 29.6 Å². The monoisotopic (exact) mass is 535 g/mol. The van der Waals surface area contributed by atoms with E-state index in [1.807, 2.05) is 13.8 Å². The van der Waals surface area contributed by atoms with Gasteiger partial charge in [-0.15, -0.1) is 23.1 Å². The molecule has 0 aliphatic carbocycles. The topological polar surface area (TPSA) is 162 Å². The van der Waals surface area contributed by atoms with E-state index in [0.717, 1.165) is 16.9 Å². The average Bonchev–Trinajstić information content (AvgIpc) is 3.17. The van der Waals surface area contributed by atoms with Crippen molar-refractivity contribution in [1.29, 1.82) is 0 Å². The van der Waals surface area contributed by atoms with Gasteiger partial charge in [-0.05, 0) is 37.3 Å². The predicted octanol–water partition coefficient (Wildman–Crippen LogP) is -2.82. The molecule has 15 heteroatoms. The predicted molar refractivity (Wildman–Crippen MR) is 124 cm³/mol. The molecule has 2 fully saturated rings. The van der Waals surface area contributed by atoms with Crippen molar-refractivity contribution >= 4 is 63.0 Å². The summed E-state index contributed by atoms with van der Waals surface area (Å²) in [5, 5.41) is 27.7. The number of aromatic nitrogens is 1. The van der Waals surface area contributed by atoms with Crippen LogP contribution in [0, 0.1) is 0 Å². The van der Waals surface area contributed by atoms with Crippen molar-refractivity contribution in [2.24, 2.45) is 5.16 Å². The van der Waals surface area contributed by atoms with E-state index >= 15 is 0 Å². The number of amides is 2. The number of carbonyl (C=O) groups excluding carboxylic acids is 2. The van der Waals surface area contributed by atoms with Gasteiger partial charge in [0.05, 0.1) is 12.7 Å². The van der Waals surface area contributed by atoms with Crippen LogP contribution in [0.1, 0.15) is 32.4 Å². The summed E-state index contributed by atoms with van der Waals surface area (Å²) in [6.45, 7) is 4.19. The van der Waals surface area contributed by atoms with Crippen molar-refractivity contribution < 1.29 is 58.9 Å². The molecule has 3 aliphatic heterocycles. The van der Waals surface area contributed by atoms with Gasteiger partial charge in [0, 0.05) is 16.8 Å². The van der Waals surface area contributed by atoms with E-state index in [9.17, 15) is 19.9 Å². The minimum absolute atomic E-state index is 0. The van der Waals surface area contributed by atoms with E-state index < -0.39 is 34.1 Å². The number of hydrogen-bond donors (Lipinski definition) is 3. The van der Waals surface area contributed by atoms with Gasteiger partial charge in [-0.25, -0.2) is 4.98 Å². The number of β-lactam (4-membered cyclic amide) rings is 1. The van der Waals surface area contributed by atoms with Crippen molar-refractivity contribution in [2.75, 3.05) is 18.1 Å². The molecular formula is C19H22N5NaO6S3. The Morgan fingerprint density at radius 3 is 2.85 bits per heavy atom. The summed E-state index contributed by atoms with van der Waals surface area (Å²) in [4.78, 5) is 30.8. The molecule has 11 nitrogen and oxygen atoms in total. The molecule has 0 bridgehead atoms. The first-order valence-electron chi connectivity index (χ1n) is 10.1. The van der Waals surface area contributed by atoms with Crippen LogP contribution in [0.4, 0.5) is 5.13 Å². The van der Waals surface area contributed by atoms with E-state index in [1.54, 1.807) is 0 Å². The van der Waals surface area contributed by atoms with Gasteiger partial charge in [0.25, 0.3) is 11.8 Å². The molecule has 34 heavy (non-hydrogen) atoms. The maximum atomic E-state index is 12.9. The van der Waals surface area contributed by atoms with Gasteiger partial charge in [-0.1, -0.05) is 17.4 Å².